The molecule has 4 aromatic rings. The van der Waals surface area contributed by atoms with Crippen molar-refractivity contribution in [3.05, 3.63) is 130 Å². The zero-order valence-corrected chi connectivity index (χ0v) is 27.6. The molecule has 0 bridgehead atoms. The molecule has 230 valence electrons. The minimum absolute atomic E-state index is 0.0759. The fourth-order valence-corrected chi connectivity index (χ4v) is 6.96. The van der Waals surface area contributed by atoms with Crippen molar-refractivity contribution in [2.45, 2.75) is 51.1 Å². The highest BCUT2D eigenvalue weighted by molar-refractivity contribution is 9.10. The second-order valence-corrected chi connectivity index (χ2v) is 13.6. The van der Waals surface area contributed by atoms with Crippen molar-refractivity contribution >= 4 is 43.5 Å². The minimum Gasteiger partial charge on any atom is -0.354 e. The highest BCUT2D eigenvalue weighted by Gasteiger charge is 2.34. The van der Waals surface area contributed by atoms with Crippen molar-refractivity contribution in [2.75, 3.05) is 17.4 Å². The Labute approximate surface area is 269 Å². The van der Waals surface area contributed by atoms with Crippen molar-refractivity contribution in [3.8, 4) is 0 Å². The van der Waals surface area contributed by atoms with Crippen molar-refractivity contribution < 1.29 is 18.0 Å². The first kappa shape index (κ1) is 33.0. The van der Waals surface area contributed by atoms with Gasteiger partial charge < -0.3 is 10.2 Å². The summed E-state index contributed by atoms with van der Waals surface area (Å²) in [6.07, 6.45) is 1.00. The summed E-state index contributed by atoms with van der Waals surface area (Å²) in [5, 5.41) is 2.97. The maximum Gasteiger partial charge on any atom is 0.264 e. The van der Waals surface area contributed by atoms with Gasteiger partial charge in [-0.2, -0.15) is 0 Å². The third-order valence-corrected chi connectivity index (χ3v) is 9.45. The molecule has 9 heteroatoms. The molecule has 0 aliphatic rings. The molecule has 2 amide bonds. The molecule has 0 radical (unpaired) electrons. The van der Waals surface area contributed by atoms with E-state index in [1.165, 1.54) is 17.0 Å². The second-order valence-electron chi connectivity index (χ2n) is 10.8. The number of nitrogens with zero attached hydrogens (tertiary/aromatic N) is 2. The quantitative estimate of drug-likeness (QED) is 0.177. The Bertz CT molecular complexity index is 1660. The van der Waals surface area contributed by atoms with Crippen LogP contribution in [0.25, 0.3) is 0 Å². The second kappa shape index (κ2) is 15.2. The summed E-state index contributed by atoms with van der Waals surface area (Å²) < 4.78 is 30.2. The number of anilines is 1. The first-order chi connectivity index (χ1) is 21.1. The molecule has 1 atom stereocenters. The van der Waals surface area contributed by atoms with E-state index in [0.29, 0.717) is 12.2 Å². The maximum atomic E-state index is 14.5. The zero-order chi connectivity index (χ0) is 31.7. The van der Waals surface area contributed by atoms with Gasteiger partial charge in [-0.25, -0.2) is 8.42 Å². The Balaban J connectivity index is 1.81. The molecule has 0 unspecified atom stereocenters. The Morgan fingerprint density at radius 2 is 1.43 bits per heavy atom. The lowest BCUT2D eigenvalue weighted by atomic mass is 10.0. The average molecular weight is 677 g/mol. The largest absolute Gasteiger partial charge is 0.354 e. The van der Waals surface area contributed by atoms with Gasteiger partial charge in [0.05, 0.1) is 10.6 Å². The average Bonchev–Trinajstić information content (AvgIpc) is 3.00. The summed E-state index contributed by atoms with van der Waals surface area (Å²) in [7, 11) is -4.14. The van der Waals surface area contributed by atoms with Gasteiger partial charge in [-0.15, -0.1) is 0 Å². The van der Waals surface area contributed by atoms with Crippen LogP contribution in [0.2, 0.25) is 0 Å². The van der Waals surface area contributed by atoms with Gasteiger partial charge in [0.2, 0.25) is 11.8 Å². The van der Waals surface area contributed by atoms with Crippen LogP contribution in [0.4, 0.5) is 5.69 Å². The van der Waals surface area contributed by atoms with Gasteiger partial charge in [-0.05, 0) is 78.9 Å². The van der Waals surface area contributed by atoms with Gasteiger partial charge >= 0.3 is 0 Å². The molecule has 0 saturated carbocycles. The molecular formula is C35H38BrN3O4S. The van der Waals surface area contributed by atoms with E-state index < -0.39 is 28.5 Å². The number of hydrogen-bond acceptors (Lipinski definition) is 4. The number of carbonyl (C=O) groups is 2. The molecule has 0 saturated heterocycles. The van der Waals surface area contributed by atoms with E-state index in [2.05, 4.69) is 21.2 Å². The van der Waals surface area contributed by atoms with Crippen LogP contribution in [0.15, 0.2) is 112 Å². The molecule has 0 fully saturated rings. The molecule has 0 aliphatic carbocycles. The number of halogens is 1. The number of rotatable bonds is 13. The molecule has 0 aromatic heterocycles. The van der Waals surface area contributed by atoms with E-state index in [0.717, 1.165) is 37.5 Å². The summed E-state index contributed by atoms with van der Waals surface area (Å²) in [6, 6.07) is 29.7. The van der Waals surface area contributed by atoms with Gasteiger partial charge in [0.25, 0.3) is 10.0 Å². The number of sulfonamides is 1. The third-order valence-electron chi connectivity index (χ3n) is 7.17. The lowest BCUT2D eigenvalue weighted by Gasteiger charge is -2.34. The Morgan fingerprint density at radius 3 is 2.05 bits per heavy atom. The first-order valence-electron chi connectivity index (χ1n) is 14.6. The fraction of sp³-hybridized carbons (Fsp3) is 0.257. The Kier molecular flexibility index (Phi) is 11.4. The van der Waals surface area contributed by atoms with Gasteiger partial charge in [0.15, 0.2) is 0 Å². The van der Waals surface area contributed by atoms with Crippen LogP contribution in [0.5, 0.6) is 0 Å². The first-order valence-corrected chi connectivity index (χ1v) is 16.8. The molecular weight excluding hydrogens is 638 g/mol. The zero-order valence-electron chi connectivity index (χ0n) is 25.2. The predicted molar refractivity (Wildman–Crippen MR) is 179 cm³/mol. The number of nitrogens with one attached hydrogen (secondary N) is 1. The van der Waals surface area contributed by atoms with Crippen LogP contribution in [0.1, 0.15) is 35.6 Å². The maximum absolute atomic E-state index is 14.5. The molecule has 4 aromatic carbocycles. The van der Waals surface area contributed by atoms with Crippen LogP contribution in [0, 0.1) is 13.8 Å². The number of hydrogen-bond donors (Lipinski definition) is 1. The number of aryl methyl sites for hydroxylation is 2. The topological polar surface area (TPSA) is 86.8 Å². The number of benzene rings is 4. The van der Waals surface area contributed by atoms with Crippen molar-refractivity contribution in [3.63, 3.8) is 0 Å². The van der Waals surface area contributed by atoms with Crippen LogP contribution in [-0.2, 0) is 32.6 Å². The number of carbonyl (C=O) groups excluding carboxylic acids is 2. The van der Waals surface area contributed by atoms with E-state index in [4.69, 9.17) is 0 Å². The Hall–Kier alpha value is -3.95. The van der Waals surface area contributed by atoms with Crippen molar-refractivity contribution in [2.24, 2.45) is 0 Å². The molecule has 1 N–H and O–H groups in total. The van der Waals surface area contributed by atoms with Crippen LogP contribution in [-0.4, -0.2) is 44.3 Å². The monoisotopic (exact) mass is 675 g/mol. The van der Waals surface area contributed by atoms with Crippen molar-refractivity contribution in [1.82, 2.24) is 10.2 Å². The van der Waals surface area contributed by atoms with E-state index in [1.54, 1.807) is 30.3 Å². The summed E-state index contributed by atoms with van der Waals surface area (Å²) >= 11 is 3.51. The molecule has 0 aliphatic heterocycles. The van der Waals surface area contributed by atoms with Crippen LogP contribution >= 0.6 is 15.9 Å². The summed E-state index contributed by atoms with van der Waals surface area (Å²) in [5.74, 6) is -0.779. The van der Waals surface area contributed by atoms with Crippen LogP contribution in [0.3, 0.4) is 0 Å². The summed E-state index contributed by atoms with van der Waals surface area (Å²) in [5.41, 5.74) is 3.81. The standard InChI is InChI=1S/C35H38BrN3O4S/c1-4-18-37-35(41)33(23-28-12-7-5-8-13-28)38(24-29-14-11-15-30(36)22-29)34(40)25-39(31-20-26(2)19-27(3)21-31)44(42,43)32-16-9-6-10-17-32/h5-17,19-22,33H,4,18,23-25H2,1-3H3,(H,37,41)/t33-/m0/s1. The summed E-state index contributed by atoms with van der Waals surface area (Å²) in [6.45, 7) is 5.83. The molecule has 4 rings (SSSR count). The van der Waals surface area contributed by atoms with Crippen molar-refractivity contribution in [1.29, 1.82) is 0 Å². The van der Waals surface area contributed by atoms with E-state index >= 15 is 0 Å². The SMILES string of the molecule is CCCNC(=O)[C@H](Cc1ccccc1)N(Cc1cccc(Br)c1)C(=O)CN(c1cc(C)cc(C)c1)S(=O)(=O)c1ccccc1. The van der Waals surface area contributed by atoms with Gasteiger partial charge in [-0.1, -0.05) is 89.6 Å². The van der Waals surface area contributed by atoms with Gasteiger partial charge in [0, 0.05) is 24.0 Å². The molecule has 7 nitrogen and oxygen atoms in total. The van der Waals surface area contributed by atoms with Crippen LogP contribution < -0.4 is 9.62 Å². The van der Waals surface area contributed by atoms with E-state index in [9.17, 15) is 18.0 Å². The van der Waals surface area contributed by atoms with Gasteiger partial charge in [-0.3, -0.25) is 13.9 Å². The lowest BCUT2D eigenvalue weighted by Crippen LogP contribution is -2.53. The van der Waals surface area contributed by atoms with E-state index in [-0.39, 0.29) is 23.8 Å². The van der Waals surface area contributed by atoms with E-state index in [1.807, 2.05) is 81.4 Å². The summed E-state index contributed by atoms with van der Waals surface area (Å²) in [4.78, 5) is 29.8. The minimum atomic E-state index is -4.14. The highest BCUT2D eigenvalue weighted by atomic mass is 79.9. The molecule has 0 spiro atoms. The number of amides is 2. The predicted octanol–water partition coefficient (Wildman–Crippen LogP) is 6.43. The third kappa shape index (κ3) is 8.57. The normalized spacial score (nSPS) is 11.9. The van der Waals surface area contributed by atoms with Gasteiger partial charge in [0.1, 0.15) is 12.6 Å². The Morgan fingerprint density at radius 1 is 0.818 bits per heavy atom. The fourth-order valence-electron chi connectivity index (χ4n) is 5.10. The molecule has 0 heterocycles. The molecule has 44 heavy (non-hydrogen) atoms. The lowest BCUT2D eigenvalue weighted by molar-refractivity contribution is -0.140. The smallest absolute Gasteiger partial charge is 0.264 e. The highest BCUT2D eigenvalue weighted by Crippen LogP contribution is 2.27.